The molecule has 3 heterocycles. The topological polar surface area (TPSA) is 37.3 Å². The van der Waals surface area contributed by atoms with E-state index in [1.807, 2.05) is 41.3 Å². The number of rotatable bonds is 3. The molecule has 0 radical (unpaired) electrons. The first-order valence-corrected chi connectivity index (χ1v) is 8.98. The van der Waals surface area contributed by atoms with Crippen LogP contribution in [0, 0.1) is 0 Å². The van der Waals surface area contributed by atoms with E-state index >= 15 is 0 Å². The van der Waals surface area contributed by atoms with Crippen LogP contribution in [0.1, 0.15) is 22.2 Å². The second kappa shape index (κ2) is 6.53. The van der Waals surface area contributed by atoms with E-state index in [4.69, 9.17) is 0 Å². The number of nitrogens with one attached hydrogen (secondary N) is 1. The maximum atomic E-state index is 12.8. The highest BCUT2D eigenvalue weighted by atomic mass is 32.1. The predicted octanol–water partition coefficient (Wildman–Crippen LogP) is 3.86. The molecule has 1 aliphatic rings. The maximum Gasteiger partial charge on any atom is 0.318 e. The van der Waals surface area contributed by atoms with Crippen molar-refractivity contribution in [3.63, 3.8) is 0 Å². The fraction of sp³-hybridized carbons (Fsp3) is 0.211. The molecule has 4 nitrogen and oxygen atoms in total. The van der Waals surface area contributed by atoms with Crippen molar-refractivity contribution in [3.05, 3.63) is 82.3 Å². The van der Waals surface area contributed by atoms with Gasteiger partial charge in [0.25, 0.3) is 0 Å². The van der Waals surface area contributed by atoms with Crippen LogP contribution in [0.5, 0.6) is 0 Å². The Bertz CT molecular complexity index is 810. The van der Waals surface area contributed by atoms with Crippen LogP contribution in [0.3, 0.4) is 0 Å². The van der Waals surface area contributed by atoms with Crippen LogP contribution >= 0.6 is 11.3 Å². The molecule has 1 aromatic carbocycles. The number of thiophene rings is 1. The van der Waals surface area contributed by atoms with Gasteiger partial charge in [0.15, 0.2) is 0 Å². The molecule has 0 saturated heterocycles. The lowest BCUT2D eigenvalue weighted by molar-refractivity contribution is 0.169. The largest absolute Gasteiger partial charge is 0.347 e. The quantitative estimate of drug-likeness (QED) is 0.774. The summed E-state index contributed by atoms with van der Waals surface area (Å²) < 4.78 is 2.24. The van der Waals surface area contributed by atoms with Gasteiger partial charge in [-0.25, -0.2) is 4.79 Å². The Morgan fingerprint density at radius 2 is 1.96 bits per heavy atom. The van der Waals surface area contributed by atoms with Gasteiger partial charge in [0, 0.05) is 36.4 Å². The number of aromatic nitrogens is 1. The lowest BCUT2D eigenvalue weighted by Crippen LogP contribution is -2.46. The van der Waals surface area contributed by atoms with Crippen molar-refractivity contribution < 1.29 is 4.79 Å². The highest BCUT2D eigenvalue weighted by Crippen LogP contribution is 2.34. The van der Waals surface area contributed by atoms with Crippen LogP contribution in [0.15, 0.2) is 66.2 Å². The van der Waals surface area contributed by atoms with Crippen molar-refractivity contribution in [2.45, 2.75) is 19.1 Å². The van der Waals surface area contributed by atoms with Gasteiger partial charge in [-0.15, -0.1) is 11.3 Å². The number of carbonyl (C=O) groups is 1. The number of hydrogen-bond donors (Lipinski definition) is 1. The lowest BCUT2D eigenvalue weighted by atomic mass is 10.1. The minimum atomic E-state index is -0.00970. The number of carbonyl (C=O) groups excluding carboxylic acids is 1. The van der Waals surface area contributed by atoms with Crippen LogP contribution in [0.2, 0.25) is 0 Å². The molecule has 3 aromatic rings. The molecule has 4 rings (SSSR count). The van der Waals surface area contributed by atoms with Crippen LogP contribution in [0.4, 0.5) is 4.79 Å². The molecular weight excluding hydrogens is 318 g/mol. The number of amides is 2. The summed E-state index contributed by atoms with van der Waals surface area (Å²) in [6.07, 6.45) is 2.09. The van der Waals surface area contributed by atoms with E-state index in [0.29, 0.717) is 13.1 Å². The van der Waals surface area contributed by atoms with Crippen molar-refractivity contribution >= 4 is 17.4 Å². The molecule has 24 heavy (non-hydrogen) atoms. The Morgan fingerprint density at radius 1 is 1.08 bits per heavy atom. The number of urea groups is 1. The van der Waals surface area contributed by atoms with E-state index in [2.05, 4.69) is 39.7 Å². The maximum absolute atomic E-state index is 12.8. The van der Waals surface area contributed by atoms with E-state index in [1.165, 1.54) is 10.6 Å². The highest BCUT2D eigenvalue weighted by molar-refractivity contribution is 7.10. The third-order valence-corrected chi connectivity index (χ3v) is 5.32. The first-order chi connectivity index (χ1) is 11.8. The molecule has 122 valence electrons. The van der Waals surface area contributed by atoms with Gasteiger partial charge in [0.2, 0.25) is 0 Å². The molecule has 2 amide bonds. The van der Waals surface area contributed by atoms with E-state index in [1.54, 1.807) is 11.3 Å². The normalized spacial score (nSPS) is 16.7. The molecule has 0 bridgehead atoms. The van der Waals surface area contributed by atoms with Crippen LogP contribution in [0.25, 0.3) is 0 Å². The summed E-state index contributed by atoms with van der Waals surface area (Å²) in [5, 5.41) is 5.13. The predicted molar refractivity (Wildman–Crippen MR) is 96.0 cm³/mol. The zero-order valence-corrected chi connectivity index (χ0v) is 14.1. The minimum absolute atomic E-state index is 0.00953. The summed E-state index contributed by atoms with van der Waals surface area (Å²) in [7, 11) is 0. The minimum Gasteiger partial charge on any atom is -0.347 e. The van der Waals surface area contributed by atoms with E-state index in [0.717, 1.165) is 12.1 Å². The molecule has 0 aliphatic carbocycles. The summed E-state index contributed by atoms with van der Waals surface area (Å²) in [6.45, 7) is 2.10. The molecule has 0 spiro atoms. The van der Waals surface area contributed by atoms with Crippen LogP contribution in [-0.4, -0.2) is 22.0 Å². The summed E-state index contributed by atoms with van der Waals surface area (Å²) in [5.74, 6) is 0. The first kappa shape index (κ1) is 15.0. The van der Waals surface area contributed by atoms with Crippen LogP contribution in [-0.2, 0) is 13.1 Å². The second-order valence-electron chi connectivity index (χ2n) is 5.88. The Kier molecular flexibility index (Phi) is 4.09. The van der Waals surface area contributed by atoms with Gasteiger partial charge >= 0.3 is 6.03 Å². The van der Waals surface area contributed by atoms with E-state index in [9.17, 15) is 4.79 Å². The molecule has 0 unspecified atom stereocenters. The fourth-order valence-corrected chi connectivity index (χ4v) is 4.07. The molecule has 0 saturated carbocycles. The van der Waals surface area contributed by atoms with Gasteiger partial charge in [-0.3, -0.25) is 0 Å². The summed E-state index contributed by atoms with van der Waals surface area (Å²) in [5.41, 5.74) is 2.29. The number of nitrogens with zero attached hydrogens (tertiary/aromatic N) is 2. The van der Waals surface area contributed by atoms with Crippen molar-refractivity contribution in [1.29, 1.82) is 0 Å². The molecular formula is C19H19N3OS. The zero-order valence-electron chi connectivity index (χ0n) is 13.3. The van der Waals surface area contributed by atoms with E-state index in [-0.39, 0.29) is 12.1 Å². The third kappa shape index (κ3) is 2.83. The second-order valence-corrected chi connectivity index (χ2v) is 6.86. The van der Waals surface area contributed by atoms with Crippen molar-refractivity contribution in [1.82, 2.24) is 14.8 Å². The third-order valence-electron chi connectivity index (χ3n) is 4.40. The Hall–Kier alpha value is -2.53. The Morgan fingerprint density at radius 3 is 2.75 bits per heavy atom. The monoisotopic (exact) mass is 337 g/mol. The summed E-state index contributed by atoms with van der Waals surface area (Å²) >= 11 is 1.70. The standard InChI is InChI=1S/C19H19N3OS/c23-19(20-14-15-6-2-1-3-7-15)22-12-11-21-10-4-8-16(21)18(22)17-9-5-13-24-17/h1-10,13,18H,11-12,14H2,(H,20,23)/t18-/m1/s1. The Balaban J connectivity index is 1.56. The Labute approximate surface area is 145 Å². The van der Waals surface area contributed by atoms with Gasteiger partial charge in [-0.1, -0.05) is 36.4 Å². The van der Waals surface area contributed by atoms with Crippen molar-refractivity contribution in [2.75, 3.05) is 6.54 Å². The smallest absolute Gasteiger partial charge is 0.318 e. The number of benzene rings is 1. The SMILES string of the molecule is O=C(NCc1ccccc1)N1CCn2cccc2[C@@H]1c1cccs1. The average molecular weight is 337 g/mol. The summed E-state index contributed by atoms with van der Waals surface area (Å²) in [6, 6.07) is 18.3. The number of hydrogen-bond acceptors (Lipinski definition) is 2. The van der Waals surface area contributed by atoms with Gasteiger partial charge in [-0.2, -0.15) is 0 Å². The molecule has 1 aliphatic heterocycles. The molecule has 5 heteroatoms. The molecule has 1 N–H and O–H groups in total. The van der Waals surface area contributed by atoms with Gasteiger partial charge < -0.3 is 14.8 Å². The van der Waals surface area contributed by atoms with Crippen molar-refractivity contribution in [3.8, 4) is 0 Å². The molecule has 1 atom stereocenters. The molecule has 2 aromatic heterocycles. The average Bonchev–Trinajstić information content (AvgIpc) is 3.31. The highest BCUT2D eigenvalue weighted by Gasteiger charge is 2.32. The lowest BCUT2D eigenvalue weighted by Gasteiger charge is -2.36. The van der Waals surface area contributed by atoms with Crippen LogP contribution < -0.4 is 5.32 Å². The van der Waals surface area contributed by atoms with Crippen molar-refractivity contribution in [2.24, 2.45) is 0 Å². The van der Waals surface area contributed by atoms with Gasteiger partial charge in [0.1, 0.15) is 6.04 Å². The van der Waals surface area contributed by atoms with Gasteiger partial charge in [-0.05, 0) is 29.1 Å². The zero-order chi connectivity index (χ0) is 16.4. The summed E-state index contributed by atoms with van der Waals surface area (Å²) in [4.78, 5) is 16.0. The molecule has 0 fully saturated rings. The van der Waals surface area contributed by atoms with Gasteiger partial charge in [0.05, 0.1) is 0 Å². The number of fused-ring (bicyclic) bond motifs is 1. The van der Waals surface area contributed by atoms with E-state index < -0.39 is 0 Å². The fourth-order valence-electron chi connectivity index (χ4n) is 3.22. The first-order valence-electron chi connectivity index (χ1n) is 8.10.